The maximum Gasteiger partial charge on any atom is 0.191 e. The molecule has 1 aromatic rings. The number of aliphatic imine (C=N–C) groups is 1. The van der Waals surface area contributed by atoms with Crippen molar-refractivity contribution < 1.29 is 0 Å². The molecule has 5 nitrogen and oxygen atoms in total. The first-order valence-corrected chi connectivity index (χ1v) is 9.17. The van der Waals surface area contributed by atoms with Gasteiger partial charge in [-0.15, -0.1) is 11.3 Å². The maximum absolute atomic E-state index is 4.73. The van der Waals surface area contributed by atoms with Crippen molar-refractivity contribution in [3.63, 3.8) is 0 Å². The second-order valence-electron chi connectivity index (χ2n) is 5.89. The molecule has 0 bridgehead atoms. The zero-order valence-electron chi connectivity index (χ0n) is 14.1. The highest BCUT2D eigenvalue weighted by molar-refractivity contribution is 7.11. The zero-order valence-corrected chi connectivity index (χ0v) is 14.9. The van der Waals surface area contributed by atoms with Gasteiger partial charge in [0.05, 0.1) is 5.01 Å². The van der Waals surface area contributed by atoms with Crippen molar-refractivity contribution in [1.82, 2.24) is 20.5 Å². The molecule has 124 valence electrons. The summed E-state index contributed by atoms with van der Waals surface area (Å²) < 4.78 is 0. The fourth-order valence-electron chi connectivity index (χ4n) is 2.65. The van der Waals surface area contributed by atoms with Crippen LogP contribution in [0.2, 0.25) is 0 Å². The Balaban J connectivity index is 1.75. The van der Waals surface area contributed by atoms with Crippen molar-refractivity contribution in [2.24, 2.45) is 10.9 Å². The first-order chi connectivity index (χ1) is 10.7. The molecule has 0 aliphatic carbocycles. The lowest BCUT2D eigenvalue weighted by atomic mass is 10.1. The Hall–Kier alpha value is -1.14. The van der Waals surface area contributed by atoms with Crippen LogP contribution in [0.1, 0.15) is 30.2 Å². The predicted molar refractivity (Wildman–Crippen MR) is 94.8 cm³/mol. The third-order valence-corrected chi connectivity index (χ3v) is 5.12. The van der Waals surface area contributed by atoms with E-state index >= 15 is 0 Å². The number of nitrogens with zero attached hydrogens (tertiary/aromatic N) is 3. The molecule has 1 aliphatic rings. The first-order valence-electron chi connectivity index (χ1n) is 8.35. The number of aromatic nitrogens is 1. The minimum absolute atomic E-state index is 0.700. The quantitative estimate of drug-likeness (QED) is 0.593. The lowest BCUT2D eigenvalue weighted by molar-refractivity contribution is 0.397. The molecule has 22 heavy (non-hydrogen) atoms. The molecule has 0 radical (unpaired) electrons. The van der Waals surface area contributed by atoms with Crippen LogP contribution in [0.25, 0.3) is 0 Å². The van der Waals surface area contributed by atoms with E-state index < -0.39 is 0 Å². The Kier molecular flexibility index (Phi) is 7.12. The van der Waals surface area contributed by atoms with E-state index in [2.05, 4.69) is 41.4 Å². The van der Waals surface area contributed by atoms with Crippen LogP contribution in [0.3, 0.4) is 0 Å². The van der Waals surface area contributed by atoms with E-state index in [1.165, 1.54) is 29.4 Å². The summed E-state index contributed by atoms with van der Waals surface area (Å²) in [5, 5.41) is 7.96. The van der Waals surface area contributed by atoms with Gasteiger partial charge in [0.2, 0.25) is 0 Å². The number of rotatable bonds is 7. The van der Waals surface area contributed by atoms with E-state index in [4.69, 9.17) is 4.99 Å². The summed E-state index contributed by atoms with van der Waals surface area (Å²) in [7, 11) is 2.19. The number of hydrogen-bond donors (Lipinski definition) is 2. The molecule has 1 aromatic heterocycles. The summed E-state index contributed by atoms with van der Waals surface area (Å²) in [5.74, 6) is 1.64. The predicted octanol–water partition coefficient (Wildman–Crippen LogP) is 1.75. The van der Waals surface area contributed by atoms with E-state index in [-0.39, 0.29) is 0 Å². The van der Waals surface area contributed by atoms with Gasteiger partial charge in [-0.2, -0.15) is 0 Å². The van der Waals surface area contributed by atoms with E-state index in [1.807, 2.05) is 17.5 Å². The van der Waals surface area contributed by atoms with Gasteiger partial charge in [-0.25, -0.2) is 4.98 Å². The van der Waals surface area contributed by atoms with Crippen molar-refractivity contribution in [3.8, 4) is 0 Å². The van der Waals surface area contributed by atoms with Gasteiger partial charge in [-0.1, -0.05) is 6.92 Å². The van der Waals surface area contributed by atoms with Gasteiger partial charge in [0.1, 0.15) is 0 Å². The summed E-state index contributed by atoms with van der Waals surface area (Å²) in [6.07, 6.45) is 5.29. The highest BCUT2D eigenvalue weighted by atomic mass is 32.1. The molecule has 1 atom stereocenters. The molecule has 1 unspecified atom stereocenters. The van der Waals surface area contributed by atoms with Crippen molar-refractivity contribution >= 4 is 17.3 Å². The molecule has 0 saturated carbocycles. The standard InChI is InChI=1S/C16H29N5S/c1-4-14-11-19-15(22-14)6-8-18-16(17-5-2)20-10-13-7-9-21(3)12-13/h11,13H,4-10,12H2,1-3H3,(H2,17,18,20). The molecule has 1 aliphatic heterocycles. The molecule has 1 saturated heterocycles. The van der Waals surface area contributed by atoms with Crippen LogP contribution >= 0.6 is 11.3 Å². The second-order valence-corrected chi connectivity index (χ2v) is 7.09. The summed E-state index contributed by atoms with van der Waals surface area (Å²) in [6, 6.07) is 0. The monoisotopic (exact) mass is 323 g/mol. The average Bonchev–Trinajstić information content (AvgIpc) is 3.13. The molecule has 2 heterocycles. The SMILES string of the molecule is CCNC(=NCC1CCN(C)C1)NCCc1ncc(CC)s1. The van der Waals surface area contributed by atoms with Crippen molar-refractivity contribution in [1.29, 1.82) is 0 Å². The molecule has 0 amide bonds. The Bertz CT molecular complexity index is 471. The number of guanidine groups is 1. The molecule has 2 rings (SSSR count). The van der Waals surface area contributed by atoms with Crippen molar-refractivity contribution in [3.05, 3.63) is 16.1 Å². The highest BCUT2D eigenvalue weighted by Crippen LogP contribution is 2.14. The van der Waals surface area contributed by atoms with Gasteiger partial charge in [0.15, 0.2) is 5.96 Å². The van der Waals surface area contributed by atoms with Gasteiger partial charge in [-0.05, 0) is 39.3 Å². The minimum Gasteiger partial charge on any atom is -0.357 e. The van der Waals surface area contributed by atoms with Crippen LogP contribution in [0.15, 0.2) is 11.2 Å². The van der Waals surface area contributed by atoms with E-state index in [1.54, 1.807) is 0 Å². The third kappa shape index (κ3) is 5.57. The molecule has 0 spiro atoms. The van der Waals surface area contributed by atoms with Crippen LogP contribution < -0.4 is 10.6 Å². The average molecular weight is 324 g/mol. The van der Waals surface area contributed by atoms with Gasteiger partial charge >= 0.3 is 0 Å². The molecule has 0 aromatic carbocycles. The van der Waals surface area contributed by atoms with Crippen molar-refractivity contribution in [2.75, 3.05) is 39.8 Å². The Morgan fingerprint density at radius 3 is 2.95 bits per heavy atom. The second kappa shape index (κ2) is 9.10. The van der Waals surface area contributed by atoms with Gasteiger partial charge in [0, 0.05) is 43.7 Å². The number of nitrogens with one attached hydrogen (secondary N) is 2. The summed E-state index contributed by atoms with van der Waals surface area (Å²) >= 11 is 1.81. The number of thiazole rings is 1. The molecular weight excluding hydrogens is 294 g/mol. The first kappa shape index (κ1) is 17.2. The Morgan fingerprint density at radius 1 is 1.45 bits per heavy atom. The van der Waals surface area contributed by atoms with Crippen molar-refractivity contribution in [2.45, 2.75) is 33.1 Å². The Labute approximate surface area is 138 Å². The maximum atomic E-state index is 4.73. The highest BCUT2D eigenvalue weighted by Gasteiger charge is 2.18. The van der Waals surface area contributed by atoms with E-state index in [0.29, 0.717) is 5.92 Å². The summed E-state index contributed by atoms with van der Waals surface area (Å²) in [5.41, 5.74) is 0. The summed E-state index contributed by atoms with van der Waals surface area (Å²) in [4.78, 5) is 12.9. The van der Waals surface area contributed by atoms with Gasteiger partial charge in [0.25, 0.3) is 0 Å². The fraction of sp³-hybridized carbons (Fsp3) is 0.750. The van der Waals surface area contributed by atoms with Crippen LogP contribution in [0, 0.1) is 5.92 Å². The van der Waals surface area contributed by atoms with E-state index in [0.717, 1.165) is 38.4 Å². The van der Waals surface area contributed by atoms with Crippen LogP contribution in [0.4, 0.5) is 0 Å². The van der Waals surface area contributed by atoms with E-state index in [9.17, 15) is 0 Å². The molecule has 2 N–H and O–H groups in total. The molecular formula is C16H29N5S. The smallest absolute Gasteiger partial charge is 0.191 e. The minimum atomic E-state index is 0.700. The largest absolute Gasteiger partial charge is 0.357 e. The van der Waals surface area contributed by atoms with Crippen LogP contribution in [0.5, 0.6) is 0 Å². The molecule has 6 heteroatoms. The zero-order chi connectivity index (χ0) is 15.8. The number of aryl methyl sites for hydroxylation is 1. The molecule has 1 fully saturated rings. The third-order valence-electron chi connectivity index (χ3n) is 3.92. The fourth-order valence-corrected chi connectivity index (χ4v) is 3.51. The normalized spacial score (nSPS) is 19.6. The van der Waals surface area contributed by atoms with Crippen LogP contribution in [-0.4, -0.2) is 55.6 Å². The number of hydrogen-bond acceptors (Lipinski definition) is 4. The summed E-state index contributed by atoms with van der Waals surface area (Å²) in [6.45, 7) is 9.34. The lowest BCUT2D eigenvalue weighted by Gasteiger charge is -2.12. The van der Waals surface area contributed by atoms with Gasteiger partial charge in [-0.3, -0.25) is 4.99 Å². The Morgan fingerprint density at radius 2 is 2.32 bits per heavy atom. The van der Waals surface area contributed by atoms with Gasteiger partial charge < -0.3 is 15.5 Å². The topological polar surface area (TPSA) is 52.6 Å². The number of likely N-dealkylation sites (tertiary alicyclic amines) is 1. The lowest BCUT2D eigenvalue weighted by Crippen LogP contribution is -2.38. The van der Waals surface area contributed by atoms with Crippen LogP contribution in [-0.2, 0) is 12.8 Å².